The first-order valence-corrected chi connectivity index (χ1v) is 13.8. The van der Waals surface area contributed by atoms with Gasteiger partial charge in [-0.3, -0.25) is 17.0 Å². The lowest BCUT2D eigenvalue weighted by Crippen LogP contribution is -2.22. The van der Waals surface area contributed by atoms with Gasteiger partial charge in [-0.25, -0.2) is 4.79 Å². The Morgan fingerprint density at radius 3 is 1.62 bits per heavy atom. The molecule has 0 bridgehead atoms. The van der Waals surface area contributed by atoms with E-state index in [1.807, 2.05) is 13.8 Å². The number of aromatic carboxylic acids is 1. The molecule has 0 aromatic heterocycles. The first-order valence-electron chi connectivity index (χ1n) is 11.7. The third-order valence-electron chi connectivity index (χ3n) is 5.86. The van der Waals surface area contributed by atoms with Crippen molar-refractivity contribution in [3.05, 3.63) is 102 Å². The molecule has 0 spiro atoms. The van der Waals surface area contributed by atoms with E-state index in [9.17, 15) is 27.4 Å². The van der Waals surface area contributed by atoms with E-state index in [0.29, 0.717) is 5.69 Å². The van der Waals surface area contributed by atoms with Gasteiger partial charge in [0.1, 0.15) is 17.2 Å². The predicted molar refractivity (Wildman–Crippen MR) is 151 cm³/mol. The van der Waals surface area contributed by atoms with Gasteiger partial charge >= 0.3 is 5.97 Å². The Morgan fingerprint density at radius 1 is 0.725 bits per heavy atom. The molecule has 4 rings (SSSR count). The topological polar surface area (TPSA) is 142 Å². The molecule has 0 radical (unpaired) electrons. The Kier molecular flexibility index (Phi) is 8.85. The third kappa shape index (κ3) is 6.32. The largest absolute Gasteiger partial charge is 0.755 e. The summed E-state index contributed by atoms with van der Waals surface area (Å²) >= 11 is -5.47. The summed E-state index contributed by atoms with van der Waals surface area (Å²) in [6, 6.07) is 21.9. The van der Waals surface area contributed by atoms with Crippen molar-refractivity contribution in [3.8, 4) is 17.2 Å². The number of rotatable bonds is 10. The SMILES string of the molecule is COc1cc(Oc2ccc(N(c3ccc(C)cc3)S(=O)[O-])c(C(=O)O)c2)ccc1N(c1ccc(C)cc1)S(=O)[O-]. The Morgan fingerprint density at radius 2 is 1.18 bits per heavy atom. The van der Waals surface area contributed by atoms with Crippen LogP contribution in [0.15, 0.2) is 84.9 Å². The van der Waals surface area contributed by atoms with Crippen LogP contribution in [0.5, 0.6) is 17.2 Å². The van der Waals surface area contributed by atoms with Crippen molar-refractivity contribution in [1.29, 1.82) is 0 Å². The fraction of sp³-hybridized carbons (Fsp3) is 0.107. The summed E-state index contributed by atoms with van der Waals surface area (Å²) in [5.74, 6) is -0.834. The summed E-state index contributed by atoms with van der Waals surface area (Å²) in [4.78, 5) is 12.1. The second kappa shape index (κ2) is 12.3. The van der Waals surface area contributed by atoms with Crippen LogP contribution in [0.2, 0.25) is 0 Å². The third-order valence-corrected chi connectivity index (χ3v) is 7.27. The van der Waals surface area contributed by atoms with Gasteiger partial charge in [0, 0.05) is 6.07 Å². The molecule has 2 unspecified atom stereocenters. The molecule has 0 aliphatic rings. The highest BCUT2D eigenvalue weighted by atomic mass is 32.2. The van der Waals surface area contributed by atoms with E-state index in [-0.39, 0.29) is 39.9 Å². The van der Waals surface area contributed by atoms with E-state index in [1.54, 1.807) is 48.5 Å². The maximum atomic E-state index is 12.1. The van der Waals surface area contributed by atoms with Gasteiger partial charge in [0.2, 0.25) is 0 Å². The molecule has 0 saturated heterocycles. The minimum absolute atomic E-state index is 0.0726. The molecule has 1 N–H and O–H groups in total. The number of aryl methyl sites for hydroxylation is 2. The van der Waals surface area contributed by atoms with Crippen LogP contribution in [-0.4, -0.2) is 35.7 Å². The van der Waals surface area contributed by atoms with Crippen molar-refractivity contribution in [2.45, 2.75) is 13.8 Å². The van der Waals surface area contributed by atoms with Gasteiger partial charge < -0.3 is 23.7 Å². The molecule has 0 amide bonds. The second-order valence-corrected chi connectivity index (χ2v) is 10.2. The highest BCUT2D eigenvalue weighted by Gasteiger charge is 2.21. The smallest absolute Gasteiger partial charge is 0.337 e. The van der Waals surface area contributed by atoms with Crippen LogP contribution in [0.4, 0.5) is 22.7 Å². The molecule has 4 aromatic rings. The summed E-state index contributed by atoms with van der Waals surface area (Å²) in [5.41, 5.74) is 2.40. The van der Waals surface area contributed by atoms with E-state index in [1.165, 1.54) is 43.5 Å². The molecule has 2 atom stereocenters. The number of hydrogen-bond donors (Lipinski definition) is 1. The van der Waals surface area contributed by atoms with Crippen LogP contribution in [0.1, 0.15) is 21.5 Å². The van der Waals surface area contributed by atoms with Gasteiger partial charge in [-0.05, 0) is 68.4 Å². The molecular formula is C28H24N2O8S2-2. The molecule has 12 heteroatoms. The molecule has 0 saturated carbocycles. The number of methoxy groups -OCH3 is 1. The molecule has 0 aliphatic carbocycles. The van der Waals surface area contributed by atoms with Gasteiger partial charge in [0.15, 0.2) is 0 Å². The molecular weight excluding hydrogens is 556 g/mol. The van der Waals surface area contributed by atoms with Crippen molar-refractivity contribution >= 4 is 51.3 Å². The zero-order valence-corrected chi connectivity index (χ0v) is 23.2. The Labute approximate surface area is 236 Å². The monoisotopic (exact) mass is 580 g/mol. The van der Waals surface area contributed by atoms with E-state index >= 15 is 0 Å². The lowest BCUT2D eigenvalue weighted by atomic mass is 10.1. The summed E-state index contributed by atoms with van der Waals surface area (Å²) in [5, 5.41) is 9.87. The molecule has 10 nitrogen and oxygen atoms in total. The summed E-state index contributed by atoms with van der Waals surface area (Å²) in [7, 11) is 1.38. The summed E-state index contributed by atoms with van der Waals surface area (Å²) in [6.45, 7) is 3.73. The average molecular weight is 581 g/mol. The van der Waals surface area contributed by atoms with Crippen molar-refractivity contribution in [3.63, 3.8) is 0 Å². The highest BCUT2D eigenvalue weighted by Crippen LogP contribution is 2.39. The lowest BCUT2D eigenvalue weighted by Gasteiger charge is -2.28. The van der Waals surface area contributed by atoms with E-state index in [4.69, 9.17) is 9.47 Å². The number of carbonyl (C=O) groups is 1. The number of hydrogen-bond acceptors (Lipinski definition) is 7. The van der Waals surface area contributed by atoms with Gasteiger partial charge in [-0.1, -0.05) is 35.4 Å². The number of anilines is 4. The maximum absolute atomic E-state index is 12.1. The number of nitrogens with zero attached hydrogens (tertiary/aromatic N) is 2. The Balaban J connectivity index is 1.68. The zero-order valence-electron chi connectivity index (χ0n) is 21.6. The number of carboxylic acid groups (broad SMARTS) is 1. The number of carboxylic acids is 1. The molecule has 0 heterocycles. The first-order chi connectivity index (χ1) is 19.1. The second-order valence-electron chi connectivity index (χ2n) is 8.61. The van der Waals surface area contributed by atoms with E-state index in [2.05, 4.69) is 0 Å². The van der Waals surface area contributed by atoms with Crippen molar-refractivity contribution in [2.24, 2.45) is 0 Å². The maximum Gasteiger partial charge on any atom is 0.337 e. The highest BCUT2D eigenvalue weighted by molar-refractivity contribution is 7.81. The van der Waals surface area contributed by atoms with E-state index in [0.717, 1.165) is 19.7 Å². The fourth-order valence-electron chi connectivity index (χ4n) is 3.92. The zero-order chi connectivity index (χ0) is 29.0. The summed E-state index contributed by atoms with van der Waals surface area (Å²) < 4.78 is 61.7. The van der Waals surface area contributed by atoms with Crippen LogP contribution in [-0.2, 0) is 22.5 Å². The van der Waals surface area contributed by atoms with Crippen LogP contribution in [0, 0.1) is 13.8 Å². The Bertz CT molecular complexity index is 1580. The minimum Gasteiger partial charge on any atom is -0.755 e. The van der Waals surface area contributed by atoms with Crippen LogP contribution < -0.4 is 18.1 Å². The van der Waals surface area contributed by atoms with Gasteiger partial charge in [-0.15, -0.1) is 0 Å². The normalized spacial score (nSPS) is 12.3. The van der Waals surface area contributed by atoms with Crippen molar-refractivity contribution in [2.75, 3.05) is 15.7 Å². The molecule has 208 valence electrons. The van der Waals surface area contributed by atoms with Crippen LogP contribution in [0.3, 0.4) is 0 Å². The fourth-order valence-corrected chi connectivity index (χ4v) is 5.14. The first kappa shape index (κ1) is 28.8. The van der Waals surface area contributed by atoms with Crippen molar-refractivity contribution < 1.29 is 36.9 Å². The average Bonchev–Trinajstić information content (AvgIpc) is 2.92. The summed E-state index contributed by atoms with van der Waals surface area (Å²) in [6.07, 6.45) is 0. The minimum atomic E-state index is -2.81. The van der Waals surface area contributed by atoms with Gasteiger partial charge in [-0.2, -0.15) is 0 Å². The van der Waals surface area contributed by atoms with Crippen LogP contribution in [0.25, 0.3) is 0 Å². The standard InChI is InChI=1S/C28H26N2O8S2/c1-18-4-8-20(9-5-18)29(39(33)34)25-14-12-22(16-24(25)28(31)32)38-23-13-15-26(27(17-23)37-3)30(40(35)36)21-10-6-19(2)7-11-21/h4-17H,1-3H3,(H,31,32)(H,33,34)(H,35,36)/p-2. The van der Waals surface area contributed by atoms with Gasteiger partial charge in [0.05, 0.1) is 58.0 Å². The lowest BCUT2D eigenvalue weighted by molar-refractivity contribution is 0.0697. The van der Waals surface area contributed by atoms with Gasteiger partial charge in [0.25, 0.3) is 0 Å². The molecule has 0 fully saturated rings. The molecule has 40 heavy (non-hydrogen) atoms. The molecule has 4 aromatic carbocycles. The van der Waals surface area contributed by atoms with E-state index < -0.39 is 28.5 Å². The number of benzene rings is 4. The quantitative estimate of drug-likeness (QED) is 0.237. The van der Waals surface area contributed by atoms with Crippen molar-refractivity contribution in [1.82, 2.24) is 0 Å². The molecule has 0 aliphatic heterocycles. The number of ether oxygens (including phenoxy) is 2. The predicted octanol–water partition coefficient (Wildman–Crippen LogP) is 5.67. The van der Waals surface area contributed by atoms with Crippen LogP contribution >= 0.6 is 0 Å². The Hall–Kier alpha value is -4.23.